The van der Waals surface area contributed by atoms with Gasteiger partial charge in [-0.3, -0.25) is 4.98 Å². The molecule has 0 aliphatic heterocycles. The molecule has 1 aromatic carbocycles. The minimum atomic E-state index is 0.239. The Hall–Kier alpha value is -1.91. The molecule has 4 heteroatoms. The molecule has 3 aromatic rings. The average Bonchev–Trinajstić information content (AvgIpc) is 2.93. The maximum absolute atomic E-state index is 9.26. The molecule has 0 spiro atoms. The Morgan fingerprint density at radius 2 is 2.05 bits per heavy atom. The Kier molecular flexibility index (Phi) is 3.67. The highest BCUT2D eigenvalue weighted by molar-refractivity contribution is 7.17. The molecule has 0 bridgehead atoms. The van der Waals surface area contributed by atoms with Crippen LogP contribution in [0.3, 0.4) is 0 Å². The Morgan fingerprint density at radius 1 is 1.25 bits per heavy atom. The molecule has 0 saturated carbocycles. The fourth-order valence-corrected chi connectivity index (χ4v) is 2.89. The second-order valence-electron chi connectivity index (χ2n) is 4.84. The van der Waals surface area contributed by atoms with Crippen molar-refractivity contribution in [2.75, 3.05) is 0 Å². The van der Waals surface area contributed by atoms with Crippen molar-refractivity contribution < 1.29 is 5.11 Å². The van der Waals surface area contributed by atoms with Crippen LogP contribution in [0, 0.1) is 0 Å². The quantitative estimate of drug-likeness (QED) is 0.765. The number of fused-ring (bicyclic) bond motifs is 1. The standard InChI is InChI=1S/C16H16N2OS/c1-11(17-9-12-2-4-14(19)5-3-12)13-8-16-15(18-10-13)6-7-20-16/h2-8,10-11,17,19H,9H2,1H3. The van der Waals surface area contributed by atoms with Gasteiger partial charge in [-0.15, -0.1) is 11.3 Å². The van der Waals surface area contributed by atoms with Crippen LogP contribution < -0.4 is 5.32 Å². The largest absolute Gasteiger partial charge is 0.508 e. The van der Waals surface area contributed by atoms with Crippen LogP contribution in [-0.4, -0.2) is 10.1 Å². The molecule has 2 N–H and O–H groups in total. The van der Waals surface area contributed by atoms with Crippen LogP contribution >= 0.6 is 11.3 Å². The summed E-state index contributed by atoms with van der Waals surface area (Å²) in [4.78, 5) is 4.47. The third-order valence-electron chi connectivity index (χ3n) is 3.37. The fraction of sp³-hybridized carbons (Fsp3) is 0.188. The van der Waals surface area contributed by atoms with Gasteiger partial charge in [0.2, 0.25) is 0 Å². The molecule has 20 heavy (non-hydrogen) atoms. The van der Waals surface area contributed by atoms with Crippen LogP contribution in [0.5, 0.6) is 5.75 Å². The van der Waals surface area contributed by atoms with Crippen LogP contribution in [-0.2, 0) is 6.54 Å². The summed E-state index contributed by atoms with van der Waals surface area (Å²) in [7, 11) is 0. The number of hydrogen-bond acceptors (Lipinski definition) is 4. The Bertz CT molecular complexity index is 706. The van der Waals surface area contributed by atoms with Gasteiger partial charge in [0.1, 0.15) is 5.75 Å². The second kappa shape index (κ2) is 5.61. The SMILES string of the molecule is CC(NCc1ccc(O)cc1)c1cnc2ccsc2c1. The van der Waals surface area contributed by atoms with Crippen LogP contribution in [0.1, 0.15) is 24.1 Å². The monoisotopic (exact) mass is 284 g/mol. The van der Waals surface area contributed by atoms with Gasteiger partial charge in [0.15, 0.2) is 0 Å². The average molecular weight is 284 g/mol. The van der Waals surface area contributed by atoms with Gasteiger partial charge in [0.25, 0.3) is 0 Å². The van der Waals surface area contributed by atoms with Crippen molar-refractivity contribution in [1.29, 1.82) is 0 Å². The van der Waals surface area contributed by atoms with E-state index >= 15 is 0 Å². The zero-order valence-electron chi connectivity index (χ0n) is 11.2. The van der Waals surface area contributed by atoms with Gasteiger partial charge >= 0.3 is 0 Å². The zero-order valence-corrected chi connectivity index (χ0v) is 12.0. The van der Waals surface area contributed by atoms with Crippen LogP contribution in [0.15, 0.2) is 48.0 Å². The van der Waals surface area contributed by atoms with E-state index in [2.05, 4.69) is 28.7 Å². The Balaban J connectivity index is 1.69. The van der Waals surface area contributed by atoms with E-state index in [0.29, 0.717) is 5.75 Å². The summed E-state index contributed by atoms with van der Waals surface area (Å²) in [5, 5.41) is 14.8. The van der Waals surface area contributed by atoms with E-state index in [0.717, 1.165) is 17.6 Å². The lowest BCUT2D eigenvalue weighted by Gasteiger charge is -2.14. The number of aromatic hydroxyl groups is 1. The Labute approximate surface area is 121 Å². The Morgan fingerprint density at radius 3 is 2.85 bits per heavy atom. The number of nitrogens with zero attached hydrogens (tertiary/aromatic N) is 1. The summed E-state index contributed by atoms with van der Waals surface area (Å²) in [6.07, 6.45) is 1.93. The first-order valence-corrected chi connectivity index (χ1v) is 7.45. The molecule has 2 heterocycles. The molecule has 0 aliphatic carbocycles. The summed E-state index contributed by atoms with van der Waals surface area (Å²) in [5.41, 5.74) is 3.41. The smallest absolute Gasteiger partial charge is 0.115 e. The molecule has 3 nitrogen and oxygen atoms in total. The first-order chi connectivity index (χ1) is 9.72. The molecule has 0 amide bonds. The van der Waals surface area contributed by atoms with Gasteiger partial charge in [-0.05, 0) is 47.7 Å². The number of rotatable bonds is 4. The second-order valence-corrected chi connectivity index (χ2v) is 5.79. The van der Waals surface area contributed by atoms with Crippen molar-refractivity contribution in [2.24, 2.45) is 0 Å². The van der Waals surface area contributed by atoms with Gasteiger partial charge in [-0.1, -0.05) is 12.1 Å². The number of nitrogens with one attached hydrogen (secondary N) is 1. The van der Waals surface area contributed by atoms with Gasteiger partial charge in [-0.2, -0.15) is 0 Å². The molecule has 0 fully saturated rings. The van der Waals surface area contributed by atoms with E-state index in [4.69, 9.17) is 0 Å². The summed E-state index contributed by atoms with van der Waals surface area (Å²) in [6.45, 7) is 2.90. The molecular formula is C16H16N2OS. The van der Waals surface area contributed by atoms with Gasteiger partial charge in [0.05, 0.1) is 10.2 Å². The molecule has 1 atom stereocenters. The third-order valence-corrected chi connectivity index (χ3v) is 4.23. The number of benzene rings is 1. The third kappa shape index (κ3) is 2.81. The van der Waals surface area contributed by atoms with Gasteiger partial charge in [-0.25, -0.2) is 0 Å². The topological polar surface area (TPSA) is 45.1 Å². The molecule has 0 aliphatic rings. The van der Waals surface area contributed by atoms with E-state index < -0.39 is 0 Å². The van der Waals surface area contributed by atoms with Crippen molar-refractivity contribution >= 4 is 21.6 Å². The number of pyridine rings is 1. The predicted octanol–water partition coefficient (Wildman–Crippen LogP) is 3.85. The van der Waals surface area contributed by atoms with Crippen molar-refractivity contribution in [2.45, 2.75) is 19.5 Å². The van der Waals surface area contributed by atoms with Crippen LogP contribution in [0.2, 0.25) is 0 Å². The van der Waals surface area contributed by atoms with Crippen molar-refractivity contribution in [1.82, 2.24) is 10.3 Å². The lowest BCUT2D eigenvalue weighted by Crippen LogP contribution is -2.18. The molecule has 0 radical (unpaired) electrons. The first kappa shape index (κ1) is 13.1. The summed E-state index contributed by atoms with van der Waals surface area (Å²) < 4.78 is 1.22. The van der Waals surface area contributed by atoms with Crippen LogP contribution in [0.25, 0.3) is 10.2 Å². The van der Waals surface area contributed by atoms with Crippen molar-refractivity contribution in [3.63, 3.8) is 0 Å². The van der Waals surface area contributed by atoms with Gasteiger partial charge < -0.3 is 10.4 Å². The number of phenolic OH excluding ortho intramolecular Hbond substituents is 1. The molecular weight excluding hydrogens is 268 g/mol. The highest BCUT2D eigenvalue weighted by Gasteiger charge is 2.07. The molecule has 2 aromatic heterocycles. The normalized spacial score (nSPS) is 12.7. The molecule has 3 rings (SSSR count). The first-order valence-electron chi connectivity index (χ1n) is 6.57. The van der Waals surface area contributed by atoms with Crippen molar-refractivity contribution in [3.05, 3.63) is 59.1 Å². The molecule has 102 valence electrons. The number of hydrogen-bond donors (Lipinski definition) is 2. The summed E-state index contributed by atoms with van der Waals surface area (Å²) >= 11 is 1.72. The van der Waals surface area contributed by atoms with Gasteiger partial charge in [0, 0.05) is 18.8 Å². The molecule has 0 saturated heterocycles. The minimum absolute atomic E-state index is 0.239. The van der Waals surface area contributed by atoms with E-state index in [1.807, 2.05) is 24.4 Å². The number of aromatic nitrogens is 1. The lowest BCUT2D eigenvalue weighted by atomic mass is 10.1. The number of phenols is 1. The predicted molar refractivity (Wildman–Crippen MR) is 83.0 cm³/mol. The molecule has 1 unspecified atom stereocenters. The van der Waals surface area contributed by atoms with E-state index in [-0.39, 0.29) is 6.04 Å². The summed E-state index contributed by atoms with van der Waals surface area (Å²) in [5.74, 6) is 0.300. The van der Waals surface area contributed by atoms with E-state index in [1.54, 1.807) is 23.5 Å². The van der Waals surface area contributed by atoms with Crippen molar-refractivity contribution in [3.8, 4) is 5.75 Å². The van der Waals surface area contributed by atoms with E-state index in [1.165, 1.54) is 10.3 Å². The minimum Gasteiger partial charge on any atom is -0.508 e. The van der Waals surface area contributed by atoms with Crippen LogP contribution in [0.4, 0.5) is 0 Å². The lowest BCUT2D eigenvalue weighted by molar-refractivity contribution is 0.474. The maximum atomic E-state index is 9.26. The maximum Gasteiger partial charge on any atom is 0.115 e. The summed E-state index contributed by atoms with van der Waals surface area (Å²) in [6, 6.07) is 11.7. The highest BCUT2D eigenvalue weighted by atomic mass is 32.1. The fourth-order valence-electron chi connectivity index (χ4n) is 2.10. The number of thiophene rings is 1. The zero-order chi connectivity index (χ0) is 13.9. The van der Waals surface area contributed by atoms with E-state index in [9.17, 15) is 5.11 Å². The highest BCUT2D eigenvalue weighted by Crippen LogP contribution is 2.22.